The molecule has 2 heterocycles. The van der Waals surface area contributed by atoms with Crippen molar-refractivity contribution in [1.29, 1.82) is 0 Å². The summed E-state index contributed by atoms with van der Waals surface area (Å²) >= 11 is 0. The Kier molecular flexibility index (Phi) is 13.3. The van der Waals surface area contributed by atoms with Gasteiger partial charge in [0, 0.05) is 35.6 Å². The van der Waals surface area contributed by atoms with E-state index in [9.17, 15) is 59.1 Å². The summed E-state index contributed by atoms with van der Waals surface area (Å²) in [6.07, 6.45) is 1.31. The summed E-state index contributed by atoms with van der Waals surface area (Å²) in [6.45, 7) is 6.38. The summed E-state index contributed by atoms with van der Waals surface area (Å²) in [6, 6.07) is 2.28. The number of carboxylic acid groups (broad SMARTS) is 2. The SMILES string of the molecule is CC(C)[C@@H](NC(=O)[C@H](CC(=O)O)NC(=O)[C@H](NC(=O)[C@H](Cc1c[nH]c2ccccc12)NC(=O)[C@H]1CCCN1C(=O)c1cc(O)c(O)c(O)c1)C(C)C)C(=O)O. The van der Waals surface area contributed by atoms with Crippen LogP contribution >= 0.6 is 0 Å². The number of phenolic OH excluding ortho intramolecular Hbond substituents is 3. The summed E-state index contributed by atoms with van der Waals surface area (Å²) in [5.41, 5.74) is 1.19. The molecule has 55 heavy (non-hydrogen) atoms. The first kappa shape index (κ1) is 41.4. The standard InChI is InChI=1S/C37H46N6O12/c1-17(2)29(35(52)40-24(15-28(46)47)33(50)42-30(18(3)4)37(54)55)41-32(49)23(12-20-16-38-22-9-6-5-8-21(20)22)39-34(51)25-10-7-11-43(25)36(53)19-13-26(44)31(48)27(45)14-19/h5-6,8-9,13-14,16-18,23-25,29-30,38,44-45,48H,7,10-12,15H2,1-4H3,(H,39,51)(H,40,52)(H,41,49)(H,42,50)(H,46,47)(H,54,55)/t23-,24-,25+,29+,30+/m0/s1. The Morgan fingerprint density at radius 2 is 1.40 bits per heavy atom. The Hall–Kier alpha value is -6.33. The maximum atomic E-state index is 14.1. The third kappa shape index (κ3) is 10.0. The molecule has 1 saturated heterocycles. The monoisotopic (exact) mass is 766 g/mol. The summed E-state index contributed by atoms with van der Waals surface area (Å²) in [5, 5.41) is 59.3. The van der Waals surface area contributed by atoms with E-state index in [1.165, 1.54) is 18.7 Å². The summed E-state index contributed by atoms with van der Waals surface area (Å²) in [5.74, 6) is -10.5. The molecular formula is C37H46N6O12. The number of H-pyrrole nitrogens is 1. The van der Waals surface area contributed by atoms with Crippen molar-refractivity contribution in [2.75, 3.05) is 6.54 Å². The lowest BCUT2D eigenvalue weighted by Crippen LogP contribution is -2.60. The predicted octanol–water partition coefficient (Wildman–Crippen LogP) is 0.943. The van der Waals surface area contributed by atoms with E-state index in [1.807, 2.05) is 18.2 Å². The normalized spacial score (nSPS) is 16.3. The van der Waals surface area contributed by atoms with Crippen LogP contribution in [0, 0.1) is 11.8 Å². The van der Waals surface area contributed by atoms with Gasteiger partial charge >= 0.3 is 11.9 Å². The lowest BCUT2D eigenvalue weighted by Gasteiger charge is -2.29. The van der Waals surface area contributed by atoms with Crippen molar-refractivity contribution in [2.24, 2.45) is 11.8 Å². The number of likely N-dealkylation sites (tertiary alicyclic amines) is 1. The van der Waals surface area contributed by atoms with E-state index in [0.29, 0.717) is 12.0 Å². The van der Waals surface area contributed by atoms with Crippen LogP contribution < -0.4 is 21.3 Å². The minimum Gasteiger partial charge on any atom is -0.504 e. The second-order valence-corrected chi connectivity index (χ2v) is 14.1. The second kappa shape index (κ2) is 17.7. The molecule has 18 heteroatoms. The van der Waals surface area contributed by atoms with Gasteiger partial charge in [0.05, 0.1) is 6.42 Å². The average molecular weight is 767 g/mol. The number of carbonyl (C=O) groups is 7. The van der Waals surface area contributed by atoms with Crippen molar-refractivity contribution >= 4 is 52.4 Å². The van der Waals surface area contributed by atoms with Crippen molar-refractivity contribution in [3.05, 3.63) is 53.7 Å². The molecule has 1 fully saturated rings. The molecule has 5 amide bonds. The number of fused-ring (bicyclic) bond motifs is 1. The van der Waals surface area contributed by atoms with Crippen LogP contribution in [0.15, 0.2) is 42.6 Å². The van der Waals surface area contributed by atoms with Crippen LogP contribution in [0.1, 0.15) is 62.9 Å². The maximum absolute atomic E-state index is 14.1. The molecule has 1 aliphatic heterocycles. The number of aromatic nitrogens is 1. The van der Waals surface area contributed by atoms with Crippen molar-refractivity contribution in [1.82, 2.24) is 31.2 Å². The van der Waals surface area contributed by atoms with Crippen LogP contribution in [0.2, 0.25) is 0 Å². The average Bonchev–Trinajstić information content (AvgIpc) is 3.77. The number of hydrogen-bond acceptors (Lipinski definition) is 10. The summed E-state index contributed by atoms with van der Waals surface area (Å²) in [7, 11) is 0. The fourth-order valence-electron chi connectivity index (χ4n) is 6.38. The first-order valence-corrected chi connectivity index (χ1v) is 17.7. The molecular weight excluding hydrogens is 720 g/mol. The predicted molar refractivity (Wildman–Crippen MR) is 195 cm³/mol. The molecule has 296 valence electrons. The van der Waals surface area contributed by atoms with Gasteiger partial charge in [-0.05, 0) is 48.4 Å². The molecule has 2 aromatic carbocycles. The lowest BCUT2D eigenvalue weighted by atomic mass is 9.99. The molecule has 3 aromatic rings. The minimum absolute atomic E-state index is 0.0791. The first-order chi connectivity index (χ1) is 25.9. The number of phenols is 3. The van der Waals surface area contributed by atoms with Gasteiger partial charge < -0.3 is 56.7 Å². The maximum Gasteiger partial charge on any atom is 0.326 e. The van der Waals surface area contributed by atoms with Gasteiger partial charge in [0.25, 0.3) is 5.91 Å². The van der Waals surface area contributed by atoms with Crippen LogP contribution in [0.3, 0.4) is 0 Å². The quantitative estimate of drug-likeness (QED) is 0.0912. The van der Waals surface area contributed by atoms with Crippen molar-refractivity contribution in [3.63, 3.8) is 0 Å². The van der Waals surface area contributed by atoms with Gasteiger partial charge in [-0.2, -0.15) is 0 Å². The molecule has 0 aliphatic carbocycles. The van der Waals surface area contributed by atoms with Crippen LogP contribution in [-0.4, -0.2) is 114 Å². The van der Waals surface area contributed by atoms with E-state index in [4.69, 9.17) is 0 Å². The van der Waals surface area contributed by atoms with Crippen molar-refractivity contribution < 1.29 is 59.1 Å². The van der Waals surface area contributed by atoms with E-state index >= 15 is 0 Å². The Balaban J connectivity index is 1.59. The van der Waals surface area contributed by atoms with Crippen LogP contribution in [0.25, 0.3) is 10.9 Å². The van der Waals surface area contributed by atoms with E-state index in [1.54, 1.807) is 26.1 Å². The number of amides is 5. The number of aliphatic carboxylic acids is 2. The van der Waals surface area contributed by atoms with E-state index in [-0.39, 0.29) is 24.9 Å². The van der Waals surface area contributed by atoms with Crippen molar-refractivity contribution in [3.8, 4) is 17.2 Å². The van der Waals surface area contributed by atoms with Gasteiger partial charge in [-0.15, -0.1) is 0 Å². The van der Waals surface area contributed by atoms with Crippen LogP contribution in [0.4, 0.5) is 0 Å². The molecule has 0 unspecified atom stereocenters. The Labute approximate surface area is 315 Å². The highest BCUT2D eigenvalue weighted by atomic mass is 16.4. The van der Waals surface area contributed by atoms with Gasteiger partial charge in [-0.25, -0.2) is 4.79 Å². The molecule has 0 radical (unpaired) electrons. The number of aromatic amines is 1. The number of rotatable bonds is 16. The third-order valence-corrected chi connectivity index (χ3v) is 9.35. The number of carboxylic acids is 2. The number of aromatic hydroxyl groups is 3. The van der Waals surface area contributed by atoms with E-state index in [0.717, 1.165) is 23.0 Å². The number of carbonyl (C=O) groups excluding carboxylic acids is 5. The zero-order valence-corrected chi connectivity index (χ0v) is 30.7. The molecule has 10 N–H and O–H groups in total. The van der Waals surface area contributed by atoms with Gasteiger partial charge in [-0.3, -0.25) is 28.8 Å². The van der Waals surface area contributed by atoms with Crippen molar-refractivity contribution in [2.45, 2.75) is 83.6 Å². The number of hydrogen-bond donors (Lipinski definition) is 10. The number of nitrogens with zero attached hydrogens (tertiary/aromatic N) is 1. The molecule has 4 rings (SSSR count). The lowest BCUT2D eigenvalue weighted by molar-refractivity contribution is -0.144. The van der Waals surface area contributed by atoms with E-state index < -0.39 is 107 Å². The smallest absolute Gasteiger partial charge is 0.326 e. The molecule has 0 bridgehead atoms. The second-order valence-electron chi connectivity index (χ2n) is 14.1. The highest BCUT2D eigenvalue weighted by Gasteiger charge is 2.38. The highest BCUT2D eigenvalue weighted by Crippen LogP contribution is 2.36. The Bertz CT molecular complexity index is 1940. The zero-order chi connectivity index (χ0) is 40.7. The highest BCUT2D eigenvalue weighted by molar-refractivity contribution is 6.00. The fraction of sp³-hybridized carbons (Fsp3) is 0.432. The van der Waals surface area contributed by atoms with Gasteiger partial charge in [0.1, 0.15) is 30.2 Å². The van der Waals surface area contributed by atoms with Gasteiger partial charge in [-0.1, -0.05) is 45.9 Å². The van der Waals surface area contributed by atoms with Crippen LogP contribution in [0.5, 0.6) is 17.2 Å². The molecule has 1 aliphatic rings. The molecule has 18 nitrogen and oxygen atoms in total. The third-order valence-electron chi connectivity index (χ3n) is 9.35. The van der Waals surface area contributed by atoms with Gasteiger partial charge in [0.15, 0.2) is 17.2 Å². The molecule has 0 spiro atoms. The Morgan fingerprint density at radius 3 is 2.00 bits per heavy atom. The number of para-hydroxylation sites is 1. The summed E-state index contributed by atoms with van der Waals surface area (Å²) in [4.78, 5) is 95.8. The number of benzene rings is 2. The molecule has 5 atom stereocenters. The van der Waals surface area contributed by atoms with Gasteiger partial charge in [0.2, 0.25) is 23.6 Å². The minimum atomic E-state index is -1.70. The molecule has 0 saturated carbocycles. The Morgan fingerprint density at radius 1 is 0.800 bits per heavy atom. The van der Waals surface area contributed by atoms with E-state index in [2.05, 4.69) is 26.3 Å². The summed E-state index contributed by atoms with van der Waals surface area (Å²) < 4.78 is 0. The zero-order valence-electron chi connectivity index (χ0n) is 30.7. The first-order valence-electron chi connectivity index (χ1n) is 17.7. The largest absolute Gasteiger partial charge is 0.504 e. The topological polar surface area (TPSA) is 288 Å². The molecule has 1 aromatic heterocycles. The van der Waals surface area contributed by atoms with Crippen LogP contribution in [-0.2, 0) is 35.2 Å². The number of nitrogens with one attached hydrogen (secondary N) is 5. The fourth-order valence-corrected chi connectivity index (χ4v) is 6.38.